The van der Waals surface area contributed by atoms with Gasteiger partial charge in [0.2, 0.25) is 0 Å². The van der Waals surface area contributed by atoms with E-state index in [1.54, 1.807) is 25.1 Å². The lowest BCUT2D eigenvalue weighted by atomic mass is 10.2. The third-order valence-corrected chi connectivity index (χ3v) is 4.18. The first-order valence-corrected chi connectivity index (χ1v) is 7.34. The zero-order valence-corrected chi connectivity index (χ0v) is 12.5. The van der Waals surface area contributed by atoms with Crippen LogP contribution in [0.2, 0.25) is 0 Å². The number of primary amides is 1. The molecule has 1 aromatic carbocycles. The lowest BCUT2D eigenvalue weighted by Crippen LogP contribution is -2.16. The van der Waals surface area contributed by atoms with E-state index in [-0.39, 0.29) is 10.9 Å². The number of nitrogens with one attached hydrogen (secondary N) is 1. The van der Waals surface area contributed by atoms with E-state index in [2.05, 4.69) is 10.3 Å². The first kappa shape index (κ1) is 14.3. The minimum atomic E-state index is -0.647. The average Bonchev–Trinajstić information content (AvgIpc) is 2.89. The Morgan fingerprint density at radius 3 is 2.68 bits per heavy atom. The van der Waals surface area contributed by atoms with Gasteiger partial charge in [0.25, 0.3) is 11.8 Å². The highest BCUT2D eigenvalue weighted by molar-refractivity contribution is 7.15. The summed E-state index contributed by atoms with van der Waals surface area (Å²) >= 11 is 0.970. The van der Waals surface area contributed by atoms with Crippen molar-refractivity contribution in [1.29, 1.82) is 0 Å². The molecule has 22 heavy (non-hydrogen) atoms. The fraction of sp³-hybridized carbons (Fsp3) is 0.214. The van der Waals surface area contributed by atoms with E-state index in [0.29, 0.717) is 41.0 Å². The second-order valence-electron chi connectivity index (χ2n) is 4.61. The van der Waals surface area contributed by atoms with Gasteiger partial charge in [0, 0.05) is 11.8 Å². The molecular formula is C14H13N3O4S. The topological polar surface area (TPSA) is 104 Å². The normalized spacial score (nSPS) is 12.8. The van der Waals surface area contributed by atoms with Gasteiger partial charge >= 0.3 is 0 Å². The van der Waals surface area contributed by atoms with E-state index in [0.717, 1.165) is 11.3 Å². The number of benzene rings is 1. The van der Waals surface area contributed by atoms with Crippen molar-refractivity contribution in [2.45, 2.75) is 6.92 Å². The Morgan fingerprint density at radius 1 is 1.27 bits per heavy atom. The Balaban J connectivity index is 1.81. The van der Waals surface area contributed by atoms with Gasteiger partial charge in [0.05, 0.1) is 5.69 Å². The zero-order valence-electron chi connectivity index (χ0n) is 11.7. The van der Waals surface area contributed by atoms with E-state index >= 15 is 0 Å². The molecule has 0 bridgehead atoms. The number of carbonyl (C=O) groups excluding carboxylic acids is 2. The largest absolute Gasteiger partial charge is 0.486 e. The number of carbonyl (C=O) groups is 2. The molecule has 0 radical (unpaired) electrons. The molecule has 2 heterocycles. The molecule has 0 saturated carbocycles. The Morgan fingerprint density at radius 2 is 2.00 bits per heavy atom. The van der Waals surface area contributed by atoms with Crippen LogP contribution in [0.15, 0.2) is 18.2 Å². The number of nitrogens with zero attached hydrogens (tertiary/aromatic N) is 1. The lowest BCUT2D eigenvalue weighted by Gasteiger charge is -2.18. The fourth-order valence-electron chi connectivity index (χ4n) is 2.02. The molecule has 1 aliphatic rings. The molecule has 0 saturated heterocycles. The second kappa shape index (κ2) is 5.64. The number of fused-ring (bicyclic) bond motifs is 1. The number of ether oxygens (including phenoxy) is 2. The average molecular weight is 319 g/mol. The summed E-state index contributed by atoms with van der Waals surface area (Å²) < 4.78 is 10.9. The molecule has 7 nitrogen and oxygen atoms in total. The molecule has 0 unspecified atom stereocenters. The minimum Gasteiger partial charge on any atom is -0.486 e. The van der Waals surface area contributed by atoms with E-state index in [4.69, 9.17) is 15.2 Å². The molecule has 0 atom stereocenters. The number of hydrogen-bond donors (Lipinski definition) is 2. The highest BCUT2D eigenvalue weighted by atomic mass is 32.1. The minimum absolute atomic E-state index is 0.116. The molecule has 3 rings (SSSR count). The summed E-state index contributed by atoms with van der Waals surface area (Å²) in [6, 6.07) is 5.15. The summed E-state index contributed by atoms with van der Waals surface area (Å²) in [7, 11) is 0. The van der Waals surface area contributed by atoms with Crippen LogP contribution in [-0.2, 0) is 0 Å². The van der Waals surface area contributed by atoms with Gasteiger partial charge in [0.1, 0.15) is 18.1 Å². The molecule has 0 fully saturated rings. The van der Waals surface area contributed by atoms with Crippen molar-refractivity contribution in [2.75, 3.05) is 18.5 Å². The summed E-state index contributed by atoms with van der Waals surface area (Å²) in [5, 5.41) is 2.86. The Kier molecular flexibility index (Phi) is 3.68. The number of hydrogen-bond acceptors (Lipinski definition) is 6. The van der Waals surface area contributed by atoms with Crippen molar-refractivity contribution in [3.63, 3.8) is 0 Å². The van der Waals surface area contributed by atoms with Gasteiger partial charge in [-0.25, -0.2) is 4.98 Å². The van der Waals surface area contributed by atoms with Gasteiger partial charge in [-0.3, -0.25) is 9.59 Å². The molecule has 1 aromatic heterocycles. The number of nitrogens with two attached hydrogens (primary N) is 1. The lowest BCUT2D eigenvalue weighted by molar-refractivity contribution is 0.0997. The van der Waals surface area contributed by atoms with Crippen LogP contribution in [0.1, 0.15) is 25.2 Å². The molecule has 1 aliphatic heterocycles. The highest BCUT2D eigenvalue weighted by Crippen LogP contribution is 2.33. The van der Waals surface area contributed by atoms with Crippen molar-refractivity contribution >= 4 is 28.8 Å². The van der Waals surface area contributed by atoms with Crippen molar-refractivity contribution in [3.8, 4) is 11.5 Å². The third kappa shape index (κ3) is 2.73. The maximum absolute atomic E-state index is 12.3. The highest BCUT2D eigenvalue weighted by Gasteiger charge is 2.19. The second-order valence-corrected chi connectivity index (χ2v) is 5.61. The van der Waals surface area contributed by atoms with Crippen LogP contribution < -0.4 is 20.5 Å². The summed E-state index contributed by atoms with van der Waals surface area (Å²) in [4.78, 5) is 27.7. The van der Waals surface area contributed by atoms with Crippen molar-refractivity contribution in [1.82, 2.24) is 4.98 Å². The standard InChI is InChI=1S/C14H13N3O4S/c1-7-11(22-14(16-7)12(15)18)13(19)17-8-2-3-9-10(6-8)21-5-4-20-9/h2-3,6H,4-5H2,1H3,(H2,15,18)(H,17,19). The fourth-order valence-corrected chi connectivity index (χ4v) is 2.84. The first-order chi connectivity index (χ1) is 10.5. The predicted octanol–water partition coefficient (Wildman–Crippen LogP) is 1.57. The van der Waals surface area contributed by atoms with Crippen LogP contribution in [0.25, 0.3) is 0 Å². The summed E-state index contributed by atoms with van der Waals surface area (Å²) in [5.41, 5.74) is 6.21. The molecule has 3 N–H and O–H groups in total. The molecule has 114 valence electrons. The number of aryl methyl sites for hydroxylation is 1. The predicted molar refractivity (Wildman–Crippen MR) is 80.8 cm³/mol. The molecular weight excluding hydrogens is 306 g/mol. The Hall–Kier alpha value is -2.61. The van der Waals surface area contributed by atoms with E-state index in [1.165, 1.54) is 0 Å². The zero-order chi connectivity index (χ0) is 15.7. The number of amides is 2. The molecule has 8 heteroatoms. The number of anilines is 1. The van der Waals surface area contributed by atoms with Crippen molar-refractivity contribution in [2.24, 2.45) is 5.73 Å². The quantitative estimate of drug-likeness (QED) is 0.894. The summed E-state index contributed by atoms with van der Waals surface area (Å²) in [6.07, 6.45) is 0. The maximum Gasteiger partial charge on any atom is 0.277 e. The molecule has 0 spiro atoms. The van der Waals surface area contributed by atoms with Gasteiger partial charge in [0.15, 0.2) is 16.5 Å². The van der Waals surface area contributed by atoms with Crippen LogP contribution in [0, 0.1) is 6.92 Å². The van der Waals surface area contributed by atoms with Crippen LogP contribution in [-0.4, -0.2) is 30.0 Å². The number of aromatic nitrogens is 1. The van der Waals surface area contributed by atoms with Gasteiger partial charge < -0.3 is 20.5 Å². The number of rotatable bonds is 3. The summed E-state index contributed by atoms with van der Waals surface area (Å²) in [6.45, 7) is 2.64. The van der Waals surface area contributed by atoms with Crippen LogP contribution in [0.4, 0.5) is 5.69 Å². The van der Waals surface area contributed by atoms with Crippen LogP contribution in [0.5, 0.6) is 11.5 Å². The molecule has 2 amide bonds. The Bertz CT molecular complexity index is 757. The van der Waals surface area contributed by atoms with E-state index in [9.17, 15) is 9.59 Å². The van der Waals surface area contributed by atoms with Gasteiger partial charge in [-0.2, -0.15) is 0 Å². The maximum atomic E-state index is 12.3. The van der Waals surface area contributed by atoms with Gasteiger partial charge in [-0.1, -0.05) is 0 Å². The first-order valence-electron chi connectivity index (χ1n) is 6.53. The van der Waals surface area contributed by atoms with E-state index < -0.39 is 5.91 Å². The van der Waals surface area contributed by atoms with Crippen LogP contribution in [0.3, 0.4) is 0 Å². The van der Waals surface area contributed by atoms with Crippen LogP contribution >= 0.6 is 11.3 Å². The molecule has 0 aliphatic carbocycles. The summed E-state index contributed by atoms with van der Waals surface area (Å²) in [5.74, 6) is 0.239. The van der Waals surface area contributed by atoms with Gasteiger partial charge in [-0.15, -0.1) is 11.3 Å². The molecule has 2 aromatic rings. The van der Waals surface area contributed by atoms with Gasteiger partial charge in [-0.05, 0) is 19.1 Å². The van der Waals surface area contributed by atoms with Crippen molar-refractivity contribution in [3.05, 3.63) is 33.8 Å². The number of thiazole rings is 1. The third-order valence-electron chi connectivity index (χ3n) is 3.01. The Labute approximate surface area is 130 Å². The monoisotopic (exact) mass is 319 g/mol. The van der Waals surface area contributed by atoms with Crippen molar-refractivity contribution < 1.29 is 19.1 Å². The smallest absolute Gasteiger partial charge is 0.277 e. The SMILES string of the molecule is Cc1nc(C(N)=O)sc1C(=O)Nc1ccc2c(c1)OCCO2. The van der Waals surface area contributed by atoms with E-state index in [1.807, 2.05) is 0 Å².